The van der Waals surface area contributed by atoms with Gasteiger partial charge >= 0.3 is 0 Å². The van der Waals surface area contributed by atoms with E-state index in [1.807, 2.05) is 29.9 Å². The van der Waals surface area contributed by atoms with Crippen LogP contribution in [-0.4, -0.2) is 14.8 Å². The lowest BCUT2D eigenvalue weighted by Gasteiger charge is -2.16. The lowest BCUT2D eigenvalue weighted by molar-refractivity contribution is 0.479. The number of thioether (sulfide) groups is 1. The van der Waals surface area contributed by atoms with Crippen molar-refractivity contribution in [1.82, 2.24) is 14.8 Å². The zero-order valence-electron chi connectivity index (χ0n) is 15.8. The summed E-state index contributed by atoms with van der Waals surface area (Å²) in [5.41, 5.74) is 8.30. The molecule has 2 N–H and O–H groups in total. The SMILES string of the molecule is CCC(C)n1ccc(-c2cnc(N)c(SC(C)c3c(Cl)ccc(F)c3Cl)c2)n1. The third-order valence-electron chi connectivity index (χ3n) is 4.62. The molecule has 4 nitrogen and oxygen atoms in total. The predicted molar refractivity (Wildman–Crippen MR) is 116 cm³/mol. The average molecular weight is 439 g/mol. The van der Waals surface area contributed by atoms with Gasteiger partial charge in [-0.1, -0.05) is 30.1 Å². The maximum Gasteiger partial charge on any atom is 0.142 e. The van der Waals surface area contributed by atoms with E-state index in [2.05, 4.69) is 23.9 Å². The van der Waals surface area contributed by atoms with Gasteiger partial charge in [0.2, 0.25) is 0 Å². The number of pyridine rings is 1. The summed E-state index contributed by atoms with van der Waals surface area (Å²) >= 11 is 13.8. The molecule has 2 unspecified atom stereocenters. The number of aromatic nitrogens is 3. The van der Waals surface area contributed by atoms with Gasteiger partial charge in [-0.05, 0) is 44.5 Å². The third kappa shape index (κ3) is 4.29. The first-order valence-corrected chi connectivity index (χ1v) is 10.6. The van der Waals surface area contributed by atoms with Crippen LogP contribution >= 0.6 is 35.0 Å². The second-order valence-electron chi connectivity index (χ2n) is 6.56. The standard InChI is InChI=1S/C20H21Cl2FN4S/c1-4-11(2)27-8-7-16(26-27)13-9-17(20(24)25-10-13)28-12(3)18-14(21)5-6-15(23)19(18)22/h5-12H,4H2,1-3H3,(H2,24,25). The second-order valence-corrected chi connectivity index (χ2v) is 8.73. The van der Waals surface area contributed by atoms with E-state index in [4.69, 9.17) is 28.9 Å². The zero-order chi connectivity index (χ0) is 20.4. The molecule has 2 aromatic heterocycles. The van der Waals surface area contributed by atoms with Gasteiger partial charge in [0.1, 0.15) is 11.6 Å². The summed E-state index contributed by atoms with van der Waals surface area (Å²) in [5.74, 6) is -0.102. The maximum atomic E-state index is 13.9. The second kappa shape index (κ2) is 8.72. The molecule has 1 aromatic carbocycles. The van der Waals surface area contributed by atoms with Crippen LogP contribution in [0, 0.1) is 5.82 Å². The summed E-state index contributed by atoms with van der Waals surface area (Å²) in [6.07, 6.45) is 4.66. The van der Waals surface area contributed by atoms with Crippen molar-refractivity contribution in [3.05, 3.63) is 58.1 Å². The third-order valence-corrected chi connectivity index (χ3v) is 6.50. The summed E-state index contributed by atoms with van der Waals surface area (Å²) in [7, 11) is 0. The molecule has 28 heavy (non-hydrogen) atoms. The minimum atomic E-state index is -0.496. The Hall–Kier alpha value is -1.76. The molecule has 2 atom stereocenters. The quantitative estimate of drug-likeness (QED) is 0.339. The van der Waals surface area contributed by atoms with Gasteiger partial charge in [-0.15, -0.1) is 11.8 Å². The summed E-state index contributed by atoms with van der Waals surface area (Å²) in [6, 6.07) is 6.98. The Bertz CT molecular complexity index is 992. The summed E-state index contributed by atoms with van der Waals surface area (Å²) < 4.78 is 15.8. The van der Waals surface area contributed by atoms with Crippen LogP contribution in [0.25, 0.3) is 11.3 Å². The number of benzene rings is 1. The van der Waals surface area contributed by atoms with Gasteiger partial charge < -0.3 is 5.73 Å². The summed E-state index contributed by atoms with van der Waals surface area (Å²) in [6.45, 7) is 6.14. The van der Waals surface area contributed by atoms with Gasteiger partial charge in [-0.25, -0.2) is 9.37 Å². The fourth-order valence-electron chi connectivity index (χ4n) is 2.78. The number of nitrogens with zero attached hydrogens (tertiary/aromatic N) is 3. The van der Waals surface area contributed by atoms with E-state index < -0.39 is 5.82 Å². The molecule has 0 saturated carbocycles. The Labute approximate surface area is 178 Å². The smallest absolute Gasteiger partial charge is 0.142 e. The first-order chi connectivity index (χ1) is 13.3. The largest absolute Gasteiger partial charge is 0.383 e. The number of hydrogen-bond acceptors (Lipinski definition) is 4. The van der Waals surface area contributed by atoms with Crippen LogP contribution in [0.4, 0.5) is 10.2 Å². The van der Waals surface area contributed by atoms with Crippen LogP contribution in [0.15, 0.2) is 41.6 Å². The van der Waals surface area contributed by atoms with E-state index >= 15 is 0 Å². The van der Waals surface area contributed by atoms with Crippen LogP contribution in [0.2, 0.25) is 10.0 Å². The minimum Gasteiger partial charge on any atom is -0.383 e. The molecule has 3 aromatic rings. The minimum absolute atomic E-state index is 0.0301. The van der Waals surface area contributed by atoms with Crippen molar-refractivity contribution in [2.75, 3.05) is 5.73 Å². The first kappa shape index (κ1) is 21.0. The van der Waals surface area contributed by atoms with Crippen LogP contribution in [0.3, 0.4) is 0 Å². The van der Waals surface area contributed by atoms with Gasteiger partial charge in [0, 0.05) is 39.8 Å². The molecule has 148 valence electrons. The fraction of sp³-hybridized carbons (Fsp3) is 0.300. The molecular weight excluding hydrogens is 418 g/mol. The zero-order valence-corrected chi connectivity index (χ0v) is 18.1. The lowest BCUT2D eigenvalue weighted by atomic mass is 10.1. The molecule has 8 heteroatoms. The van der Waals surface area contributed by atoms with Crippen LogP contribution in [0.5, 0.6) is 0 Å². The average Bonchev–Trinajstić information content (AvgIpc) is 3.16. The number of anilines is 1. The molecule has 0 aliphatic carbocycles. The molecule has 0 radical (unpaired) electrons. The molecule has 0 aliphatic heterocycles. The Morgan fingerprint density at radius 1 is 1.25 bits per heavy atom. The monoisotopic (exact) mass is 438 g/mol. The van der Waals surface area contributed by atoms with Gasteiger partial charge in [0.05, 0.1) is 15.6 Å². The van der Waals surface area contributed by atoms with Gasteiger partial charge in [0.15, 0.2) is 0 Å². The van der Waals surface area contributed by atoms with E-state index in [-0.39, 0.29) is 10.3 Å². The highest BCUT2D eigenvalue weighted by molar-refractivity contribution is 7.99. The number of nitrogen functional groups attached to an aromatic ring is 1. The van der Waals surface area contributed by atoms with Crippen LogP contribution in [0.1, 0.15) is 44.0 Å². The topological polar surface area (TPSA) is 56.7 Å². The highest BCUT2D eigenvalue weighted by Gasteiger charge is 2.20. The Balaban J connectivity index is 1.90. The molecule has 0 aliphatic rings. The van der Waals surface area contributed by atoms with Crippen molar-refractivity contribution in [2.45, 2.75) is 43.4 Å². The normalized spacial score (nSPS) is 13.5. The lowest BCUT2D eigenvalue weighted by Crippen LogP contribution is -2.04. The van der Waals surface area contributed by atoms with E-state index in [1.165, 1.54) is 23.9 Å². The summed E-state index contributed by atoms with van der Waals surface area (Å²) in [4.78, 5) is 5.07. The van der Waals surface area contributed by atoms with E-state index in [1.54, 1.807) is 6.20 Å². The van der Waals surface area contributed by atoms with Gasteiger partial charge in [0.25, 0.3) is 0 Å². The molecule has 0 fully saturated rings. The molecule has 0 bridgehead atoms. The number of hydrogen-bond donors (Lipinski definition) is 1. The molecule has 2 heterocycles. The van der Waals surface area contributed by atoms with E-state index in [0.29, 0.717) is 22.4 Å². The van der Waals surface area contributed by atoms with Crippen molar-refractivity contribution >= 4 is 40.8 Å². The van der Waals surface area contributed by atoms with Crippen molar-refractivity contribution in [3.8, 4) is 11.3 Å². The predicted octanol–water partition coefficient (Wildman–Crippen LogP) is 6.80. The Morgan fingerprint density at radius 2 is 2.00 bits per heavy atom. The number of rotatable bonds is 6. The first-order valence-electron chi connectivity index (χ1n) is 8.92. The molecule has 3 rings (SSSR count). The van der Waals surface area contributed by atoms with Crippen LogP contribution < -0.4 is 5.73 Å². The summed E-state index contributed by atoms with van der Waals surface area (Å²) in [5, 5.41) is 4.87. The van der Waals surface area contributed by atoms with Gasteiger partial charge in [-0.3, -0.25) is 4.68 Å². The highest BCUT2D eigenvalue weighted by atomic mass is 35.5. The maximum absolute atomic E-state index is 13.9. The van der Waals surface area contributed by atoms with Crippen molar-refractivity contribution in [2.24, 2.45) is 0 Å². The Morgan fingerprint density at radius 3 is 2.71 bits per heavy atom. The van der Waals surface area contributed by atoms with Crippen molar-refractivity contribution in [3.63, 3.8) is 0 Å². The molecule has 0 saturated heterocycles. The van der Waals surface area contributed by atoms with Gasteiger partial charge in [-0.2, -0.15) is 5.10 Å². The van der Waals surface area contributed by atoms with Crippen LogP contribution in [-0.2, 0) is 0 Å². The van der Waals surface area contributed by atoms with Crippen molar-refractivity contribution < 1.29 is 4.39 Å². The van der Waals surface area contributed by atoms with E-state index in [0.717, 1.165) is 22.6 Å². The highest BCUT2D eigenvalue weighted by Crippen LogP contribution is 2.44. The number of nitrogens with two attached hydrogens (primary N) is 1. The Kier molecular flexibility index (Phi) is 6.53. The number of halogens is 3. The van der Waals surface area contributed by atoms with E-state index in [9.17, 15) is 4.39 Å². The molecule has 0 spiro atoms. The molecule has 0 amide bonds. The van der Waals surface area contributed by atoms with Crippen molar-refractivity contribution in [1.29, 1.82) is 0 Å². The molecular formula is C20H21Cl2FN4S. The fourth-order valence-corrected chi connectivity index (χ4v) is 4.72.